The van der Waals surface area contributed by atoms with Gasteiger partial charge in [0, 0.05) is 16.7 Å². The third-order valence-corrected chi connectivity index (χ3v) is 4.75. The normalized spacial score (nSPS) is 12.2. The first-order valence-corrected chi connectivity index (χ1v) is 9.14. The van der Waals surface area contributed by atoms with E-state index in [-0.39, 0.29) is 52.8 Å². The van der Waals surface area contributed by atoms with Crippen LogP contribution in [0.3, 0.4) is 0 Å². The molecule has 0 heterocycles. The molecule has 3 aromatic carbocycles. The SMILES string of the molecule is Nc1c(C(=O)OCCOc2ccc(F)cc2)ccc2c1C(=O)c1ccccc1C2=O. The van der Waals surface area contributed by atoms with E-state index in [4.69, 9.17) is 15.2 Å². The summed E-state index contributed by atoms with van der Waals surface area (Å²) in [5.41, 5.74) is 6.71. The van der Waals surface area contributed by atoms with Crippen LogP contribution in [0.2, 0.25) is 0 Å². The Hall–Kier alpha value is -4.00. The highest BCUT2D eigenvalue weighted by molar-refractivity contribution is 6.30. The van der Waals surface area contributed by atoms with Crippen molar-refractivity contribution >= 4 is 23.2 Å². The largest absolute Gasteiger partial charge is 0.490 e. The summed E-state index contributed by atoms with van der Waals surface area (Å²) < 4.78 is 23.4. The number of rotatable bonds is 5. The maximum atomic E-state index is 12.9. The van der Waals surface area contributed by atoms with Gasteiger partial charge in [0.25, 0.3) is 0 Å². The number of carbonyl (C=O) groups excluding carboxylic acids is 3. The van der Waals surface area contributed by atoms with Crippen LogP contribution in [0.4, 0.5) is 10.1 Å². The Balaban J connectivity index is 1.49. The molecule has 0 saturated carbocycles. The zero-order chi connectivity index (χ0) is 21.3. The van der Waals surface area contributed by atoms with Crippen molar-refractivity contribution in [3.05, 3.63) is 94.3 Å². The van der Waals surface area contributed by atoms with Gasteiger partial charge in [-0.2, -0.15) is 0 Å². The van der Waals surface area contributed by atoms with Crippen molar-refractivity contribution in [1.82, 2.24) is 0 Å². The molecule has 1 aliphatic carbocycles. The molecule has 0 aliphatic heterocycles. The first-order chi connectivity index (χ1) is 14.5. The minimum atomic E-state index is -0.739. The molecule has 0 spiro atoms. The number of anilines is 1. The number of esters is 1. The maximum Gasteiger partial charge on any atom is 0.340 e. The van der Waals surface area contributed by atoms with Crippen LogP contribution in [-0.4, -0.2) is 30.7 Å². The number of hydrogen-bond acceptors (Lipinski definition) is 6. The van der Waals surface area contributed by atoms with Gasteiger partial charge >= 0.3 is 5.97 Å². The van der Waals surface area contributed by atoms with Crippen molar-refractivity contribution in [2.24, 2.45) is 0 Å². The van der Waals surface area contributed by atoms with Gasteiger partial charge < -0.3 is 15.2 Å². The fraction of sp³-hybridized carbons (Fsp3) is 0.0870. The standard InChI is InChI=1S/C23H16FNO5/c24-13-5-7-14(8-6-13)29-11-12-30-23(28)18-10-9-17-19(20(18)25)22(27)16-4-2-1-3-15(16)21(17)26/h1-10H,11-12,25H2. The Labute approximate surface area is 171 Å². The Bertz CT molecular complexity index is 1170. The molecular weight excluding hydrogens is 389 g/mol. The number of nitrogen functional groups attached to an aromatic ring is 1. The molecule has 0 aromatic heterocycles. The molecule has 0 atom stereocenters. The zero-order valence-electron chi connectivity index (χ0n) is 15.7. The molecule has 0 unspecified atom stereocenters. The summed E-state index contributed by atoms with van der Waals surface area (Å²) in [6, 6.07) is 14.7. The van der Waals surface area contributed by atoms with Crippen LogP contribution in [0.5, 0.6) is 5.75 Å². The van der Waals surface area contributed by atoms with Crippen LogP contribution < -0.4 is 10.5 Å². The number of carbonyl (C=O) groups is 3. The zero-order valence-corrected chi connectivity index (χ0v) is 15.7. The number of ether oxygens (including phenoxy) is 2. The van der Waals surface area contributed by atoms with Crippen molar-refractivity contribution < 1.29 is 28.2 Å². The molecule has 2 N–H and O–H groups in total. The minimum absolute atomic E-state index is 0.00365. The maximum absolute atomic E-state index is 12.9. The molecule has 1 aliphatic rings. The molecule has 30 heavy (non-hydrogen) atoms. The Kier molecular flexibility index (Phi) is 5.02. The third-order valence-electron chi connectivity index (χ3n) is 4.75. The van der Waals surface area contributed by atoms with E-state index >= 15 is 0 Å². The highest BCUT2D eigenvalue weighted by Gasteiger charge is 2.32. The molecule has 0 bridgehead atoms. The summed E-state index contributed by atoms with van der Waals surface area (Å²) in [4.78, 5) is 38.0. The number of ketones is 2. The molecule has 4 rings (SSSR count). The molecule has 0 fully saturated rings. The van der Waals surface area contributed by atoms with Gasteiger partial charge in [0.05, 0.1) is 16.8 Å². The van der Waals surface area contributed by atoms with Gasteiger partial charge in [-0.25, -0.2) is 9.18 Å². The van der Waals surface area contributed by atoms with Crippen LogP contribution in [0.15, 0.2) is 60.7 Å². The molecule has 3 aromatic rings. The Morgan fingerprint density at radius 2 is 1.50 bits per heavy atom. The van der Waals surface area contributed by atoms with Gasteiger partial charge in [0.15, 0.2) is 11.6 Å². The summed E-state index contributed by atoms with van der Waals surface area (Å²) in [6.45, 7) is -0.0323. The van der Waals surface area contributed by atoms with E-state index in [2.05, 4.69) is 0 Å². The van der Waals surface area contributed by atoms with Gasteiger partial charge in [-0.1, -0.05) is 24.3 Å². The number of hydrogen-bond donors (Lipinski definition) is 1. The lowest BCUT2D eigenvalue weighted by Gasteiger charge is -2.20. The number of benzene rings is 3. The first kappa shape index (κ1) is 19.3. The monoisotopic (exact) mass is 405 g/mol. The fourth-order valence-electron chi connectivity index (χ4n) is 3.29. The van der Waals surface area contributed by atoms with E-state index in [9.17, 15) is 18.8 Å². The lowest BCUT2D eigenvalue weighted by Crippen LogP contribution is -2.24. The summed E-state index contributed by atoms with van der Waals surface area (Å²) in [6.07, 6.45) is 0. The highest BCUT2D eigenvalue weighted by Crippen LogP contribution is 2.32. The fourth-order valence-corrected chi connectivity index (χ4v) is 3.29. The summed E-state index contributed by atoms with van der Waals surface area (Å²) in [7, 11) is 0. The van der Waals surface area contributed by atoms with Crippen LogP contribution >= 0.6 is 0 Å². The Morgan fingerprint density at radius 1 is 0.833 bits per heavy atom. The van der Waals surface area contributed by atoms with E-state index in [1.165, 1.54) is 36.4 Å². The van der Waals surface area contributed by atoms with Crippen molar-refractivity contribution in [1.29, 1.82) is 0 Å². The van der Waals surface area contributed by atoms with Crippen molar-refractivity contribution in [2.75, 3.05) is 18.9 Å². The van der Waals surface area contributed by atoms with Crippen molar-refractivity contribution in [3.8, 4) is 5.75 Å². The second-order valence-corrected chi connectivity index (χ2v) is 6.59. The Morgan fingerprint density at radius 3 is 2.20 bits per heavy atom. The van der Waals surface area contributed by atoms with E-state index in [1.54, 1.807) is 24.3 Å². The predicted octanol–water partition coefficient (Wildman–Crippen LogP) is 3.42. The number of nitrogens with two attached hydrogens (primary N) is 1. The minimum Gasteiger partial charge on any atom is -0.490 e. The average molecular weight is 405 g/mol. The van der Waals surface area contributed by atoms with Crippen LogP contribution in [0, 0.1) is 5.82 Å². The molecule has 6 nitrogen and oxygen atoms in total. The number of halogens is 1. The highest BCUT2D eigenvalue weighted by atomic mass is 19.1. The lowest BCUT2D eigenvalue weighted by molar-refractivity contribution is 0.0451. The average Bonchev–Trinajstić information content (AvgIpc) is 2.76. The van der Waals surface area contributed by atoms with Gasteiger partial charge in [-0.3, -0.25) is 9.59 Å². The second-order valence-electron chi connectivity index (χ2n) is 6.59. The predicted molar refractivity (Wildman–Crippen MR) is 106 cm³/mol. The van der Waals surface area contributed by atoms with E-state index in [1.807, 2.05) is 0 Å². The quantitative estimate of drug-likeness (QED) is 0.311. The summed E-state index contributed by atoms with van der Waals surface area (Å²) in [5, 5.41) is 0. The molecular formula is C23H16FNO5. The van der Waals surface area contributed by atoms with Gasteiger partial charge in [-0.15, -0.1) is 0 Å². The molecule has 0 radical (unpaired) electrons. The smallest absolute Gasteiger partial charge is 0.340 e. The van der Waals surface area contributed by atoms with Crippen LogP contribution in [0.25, 0.3) is 0 Å². The van der Waals surface area contributed by atoms with Crippen LogP contribution in [-0.2, 0) is 4.74 Å². The van der Waals surface area contributed by atoms with Gasteiger partial charge in [0.1, 0.15) is 24.8 Å². The second kappa shape index (κ2) is 7.79. The molecule has 0 saturated heterocycles. The van der Waals surface area contributed by atoms with Crippen molar-refractivity contribution in [2.45, 2.75) is 0 Å². The first-order valence-electron chi connectivity index (χ1n) is 9.14. The van der Waals surface area contributed by atoms with Crippen molar-refractivity contribution in [3.63, 3.8) is 0 Å². The van der Waals surface area contributed by atoms with Crippen LogP contribution in [0.1, 0.15) is 42.2 Å². The van der Waals surface area contributed by atoms with E-state index in [0.29, 0.717) is 11.3 Å². The lowest BCUT2D eigenvalue weighted by atomic mass is 9.82. The third kappa shape index (κ3) is 3.41. The topological polar surface area (TPSA) is 95.7 Å². The summed E-state index contributed by atoms with van der Waals surface area (Å²) in [5.74, 6) is -1.42. The number of fused-ring (bicyclic) bond motifs is 2. The van der Waals surface area contributed by atoms with Gasteiger partial charge in [0.2, 0.25) is 0 Å². The molecule has 150 valence electrons. The van der Waals surface area contributed by atoms with E-state index in [0.717, 1.165) is 0 Å². The molecule has 7 heteroatoms. The molecule has 0 amide bonds. The summed E-state index contributed by atoms with van der Waals surface area (Å²) >= 11 is 0. The van der Waals surface area contributed by atoms with Gasteiger partial charge in [-0.05, 0) is 36.4 Å². The van der Waals surface area contributed by atoms with E-state index < -0.39 is 11.8 Å².